The third-order valence-corrected chi connectivity index (χ3v) is 5.41. The highest BCUT2D eigenvalue weighted by Crippen LogP contribution is 2.22. The van der Waals surface area contributed by atoms with E-state index in [9.17, 15) is 13.2 Å². The molecule has 0 aromatic heterocycles. The molecular formula is C17H17NO4S. The van der Waals surface area contributed by atoms with Gasteiger partial charge in [-0.15, -0.1) is 0 Å². The molecule has 1 atom stereocenters. The standard InChI is InChI=1S/C17H17NO4S/c19-17(18-14-9-10-23(20,21)12-14)13-5-4-8-16(11-13)22-15-6-2-1-3-7-15/h1-8,11,14H,9-10,12H2,(H,18,19). The van der Waals surface area contributed by atoms with E-state index >= 15 is 0 Å². The molecule has 6 heteroatoms. The number of rotatable bonds is 4. The second-order valence-corrected chi connectivity index (χ2v) is 7.75. The Morgan fingerprint density at radius 3 is 2.48 bits per heavy atom. The first kappa shape index (κ1) is 15.6. The molecule has 0 saturated carbocycles. The minimum atomic E-state index is -3.01. The first-order valence-electron chi connectivity index (χ1n) is 7.36. The topological polar surface area (TPSA) is 72.5 Å². The fourth-order valence-electron chi connectivity index (χ4n) is 2.50. The molecule has 3 rings (SSSR count). The Kier molecular flexibility index (Phi) is 4.34. The fraction of sp³-hybridized carbons (Fsp3) is 0.235. The van der Waals surface area contributed by atoms with Crippen LogP contribution in [0, 0.1) is 0 Å². The van der Waals surface area contributed by atoms with Crippen LogP contribution in [0.25, 0.3) is 0 Å². The highest BCUT2D eigenvalue weighted by molar-refractivity contribution is 7.91. The lowest BCUT2D eigenvalue weighted by Crippen LogP contribution is -2.35. The summed E-state index contributed by atoms with van der Waals surface area (Å²) >= 11 is 0. The Morgan fingerprint density at radius 1 is 1.04 bits per heavy atom. The van der Waals surface area contributed by atoms with Crippen LogP contribution in [0.1, 0.15) is 16.8 Å². The molecule has 1 heterocycles. The van der Waals surface area contributed by atoms with Gasteiger partial charge in [0.05, 0.1) is 11.5 Å². The van der Waals surface area contributed by atoms with Gasteiger partial charge in [-0.3, -0.25) is 4.79 Å². The van der Waals surface area contributed by atoms with Crippen molar-refractivity contribution in [1.82, 2.24) is 5.32 Å². The summed E-state index contributed by atoms with van der Waals surface area (Å²) in [5, 5.41) is 2.77. The van der Waals surface area contributed by atoms with Crippen LogP contribution in [-0.2, 0) is 9.84 Å². The number of ether oxygens (including phenoxy) is 1. The van der Waals surface area contributed by atoms with Crippen LogP contribution in [0.2, 0.25) is 0 Å². The molecular weight excluding hydrogens is 314 g/mol. The predicted octanol–water partition coefficient (Wildman–Crippen LogP) is 2.40. The monoisotopic (exact) mass is 331 g/mol. The highest BCUT2D eigenvalue weighted by Gasteiger charge is 2.29. The Bertz CT molecular complexity index is 802. The zero-order chi connectivity index (χ0) is 16.3. The Morgan fingerprint density at radius 2 is 1.78 bits per heavy atom. The van der Waals surface area contributed by atoms with Crippen molar-refractivity contribution in [3.8, 4) is 11.5 Å². The second kappa shape index (κ2) is 6.42. The van der Waals surface area contributed by atoms with Crippen LogP contribution >= 0.6 is 0 Å². The molecule has 0 bridgehead atoms. The van der Waals surface area contributed by atoms with Gasteiger partial charge < -0.3 is 10.1 Å². The SMILES string of the molecule is O=C(NC1CCS(=O)(=O)C1)c1cccc(Oc2ccccc2)c1. The van der Waals surface area contributed by atoms with Gasteiger partial charge in [-0.1, -0.05) is 24.3 Å². The summed E-state index contributed by atoms with van der Waals surface area (Å²) in [6, 6.07) is 15.8. The number of benzene rings is 2. The van der Waals surface area contributed by atoms with Crippen molar-refractivity contribution >= 4 is 15.7 Å². The van der Waals surface area contributed by atoms with Gasteiger partial charge in [0.1, 0.15) is 11.5 Å². The molecule has 2 aromatic carbocycles. The van der Waals surface area contributed by atoms with Gasteiger partial charge in [0.2, 0.25) is 0 Å². The summed E-state index contributed by atoms with van der Waals surface area (Å²) in [4.78, 5) is 12.3. The molecule has 23 heavy (non-hydrogen) atoms. The molecule has 0 spiro atoms. The van der Waals surface area contributed by atoms with Crippen LogP contribution in [0.5, 0.6) is 11.5 Å². The van der Waals surface area contributed by atoms with Gasteiger partial charge in [-0.05, 0) is 36.8 Å². The maximum Gasteiger partial charge on any atom is 0.251 e. The number of sulfone groups is 1. The lowest BCUT2D eigenvalue weighted by Gasteiger charge is -2.12. The molecule has 1 amide bonds. The third kappa shape index (κ3) is 4.10. The van der Waals surface area contributed by atoms with Gasteiger partial charge in [0.25, 0.3) is 5.91 Å². The number of hydrogen-bond acceptors (Lipinski definition) is 4. The number of carbonyl (C=O) groups excluding carboxylic acids is 1. The normalized spacial score (nSPS) is 19.2. The van der Waals surface area contributed by atoms with E-state index in [-0.39, 0.29) is 23.5 Å². The van der Waals surface area contributed by atoms with Crippen molar-refractivity contribution in [3.05, 3.63) is 60.2 Å². The molecule has 5 nitrogen and oxygen atoms in total. The van der Waals surface area contributed by atoms with Crippen molar-refractivity contribution in [3.63, 3.8) is 0 Å². The lowest BCUT2D eigenvalue weighted by molar-refractivity contribution is 0.0941. The van der Waals surface area contributed by atoms with Gasteiger partial charge in [-0.2, -0.15) is 0 Å². The minimum Gasteiger partial charge on any atom is -0.457 e. The third-order valence-electron chi connectivity index (χ3n) is 3.64. The molecule has 120 valence electrons. The van der Waals surface area contributed by atoms with Gasteiger partial charge in [0, 0.05) is 11.6 Å². The zero-order valence-corrected chi connectivity index (χ0v) is 13.3. The van der Waals surface area contributed by atoms with E-state index in [4.69, 9.17) is 4.74 Å². The average Bonchev–Trinajstić information content (AvgIpc) is 2.87. The van der Waals surface area contributed by atoms with E-state index in [0.717, 1.165) is 0 Å². The van der Waals surface area contributed by atoms with E-state index in [2.05, 4.69) is 5.32 Å². The number of hydrogen-bond donors (Lipinski definition) is 1. The first-order chi connectivity index (χ1) is 11.0. The molecule has 1 N–H and O–H groups in total. The Labute approximate surface area is 135 Å². The van der Waals surface area contributed by atoms with Crippen molar-refractivity contribution < 1.29 is 17.9 Å². The molecule has 0 radical (unpaired) electrons. The highest BCUT2D eigenvalue weighted by atomic mass is 32.2. The molecule has 1 aliphatic heterocycles. The van der Waals surface area contributed by atoms with E-state index in [1.807, 2.05) is 30.3 Å². The lowest BCUT2D eigenvalue weighted by atomic mass is 10.1. The number of para-hydroxylation sites is 1. The van der Waals surface area contributed by atoms with Gasteiger partial charge in [-0.25, -0.2) is 8.42 Å². The van der Waals surface area contributed by atoms with Gasteiger partial charge >= 0.3 is 0 Å². The first-order valence-corrected chi connectivity index (χ1v) is 9.18. The van der Waals surface area contributed by atoms with Crippen LogP contribution in [0.15, 0.2) is 54.6 Å². The van der Waals surface area contributed by atoms with Crippen LogP contribution in [0.3, 0.4) is 0 Å². The Hall–Kier alpha value is -2.34. The number of nitrogens with one attached hydrogen (secondary N) is 1. The quantitative estimate of drug-likeness (QED) is 0.934. The Balaban J connectivity index is 1.68. The minimum absolute atomic E-state index is 0.0128. The molecule has 1 aliphatic rings. The number of carbonyl (C=O) groups is 1. The van der Waals surface area contributed by atoms with Crippen molar-refractivity contribution in [2.75, 3.05) is 11.5 Å². The van der Waals surface area contributed by atoms with Crippen molar-refractivity contribution in [2.24, 2.45) is 0 Å². The smallest absolute Gasteiger partial charge is 0.251 e. The second-order valence-electron chi connectivity index (χ2n) is 5.52. The molecule has 1 fully saturated rings. The number of amides is 1. The summed E-state index contributed by atoms with van der Waals surface area (Å²) in [7, 11) is -3.01. The molecule has 1 saturated heterocycles. The van der Waals surface area contributed by atoms with Crippen molar-refractivity contribution in [1.29, 1.82) is 0 Å². The van der Waals surface area contributed by atoms with Crippen LogP contribution in [0.4, 0.5) is 0 Å². The molecule has 2 aromatic rings. The summed E-state index contributed by atoms with van der Waals surface area (Å²) in [6.07, 6.45) is 0.467. The summed E-state index contributed by atoms with van der Waals surface area (Å²) in [5.41, 5.74) is 0.447. The van der Waals surface area contributed by atoms with Crippen LogP contribution < -0.4 is 10.1 Å². The van der Waals surface area contributed by atoms with Crippen LogP contribution in [-0.4, -0.2) is 31.9 Å². The zero-order valence-electron chi connectivity index (χ0n) is 12.4. The fourth-order valence-corrected chi connectivity index (χ4v) is 4.18. The maximum atomic E-state index is 12.3. The maximum absolute atomic E-state index is 12.3. The molecule has 0 aliphatic carbocycles. The van der Waals surface area contributed by atoms with E-state index < -0.39 is 9.84 Å². The van der Waals surface area contributed by atoms with Crippen molar-refractivity contribution in [2.45, 2.75) is 12.5 Å². The largest absolute Gasteiger partial charge is 0.457 e. The predicted molar refractivity (Wildman–Crippen MR) is 87.5 cm³/mol. The average molecular weight is 331 g/mol. The summed E-state index contributed by atoms with van der Waals surface area (Å²) < 4.78 is 28.6. The molecule has 1 unspecified atom stereocenters. The van der Waals surface area contributed by atoms with E-state index in [1.165, 1.54) is 0 Å². The summed E-state index contributed by atoms with van der Waals surface area (Å²) in [5.74, 6) is 1.11. The van der Waals surface area contributed by atoms with E-state index in [0.29, 0.717) is 23.5 Å². The summed E-state index contributed by atoms with van der Waals surface area (Å²) in [6.45, 7) is 0. The van der Waals surface area contributed by atoms with Gasteiger partial charge in [0.15, 0.2) is 9.84 Å². The van der Waals surface area contributed by atoms with E-state index in [1.54, 1.807) is 24.3 Å².